The first-order valence-corrected chi connectivity index (χ1v) is 3.10. The van der Waals surface area contributed by atoms with Crippen molar-refractivity contribution in [3.05, 3.63) is 24.8 Å². The van der Waals surface area contributed by atoms with Gasteiger partial charge >= 0.3 is 5.97 Å². The van der Waals surface area contributed by atoms with Crippen LogP contribution in [0.5, 0.6) is 0 Å². The number of carbonyl (C=O) groups is 1. The molecule has 0 bridgehead atoms. The average molecular weight is 156 g/mol. The first-order valence-electron chi connectivity index (χ1n) is 3.10. The molecule has 0 aromatic carbocycles. The smallest absolute Gasteiger partial charge is 0.331 e. The highest BCUT2D eigenvalue weighted by molar-refractivity contribution is 5.83. The van der Waals surface area contributed by atoms with Crippen molar-refractivity contribution in [1.29, 1.82) is 0 Å². The first kappa shape index (κ1) is 9.87. The molecule has 1 atom stereocenters. The lowest BCUT2D eigenvalue weighted by Crippen LogP contribution is -2.43. The molecular weight excluding hydrogens is 144 g/mol. The zero-order valence-electron chi connectivity index (χ0n) is 6.16. The van der Waals surface area contributed by atoms with Crippen LogP contribution in [0.15, 0.2) is 24.8 Å². The number of carboxylic acids is 1. The van der Waals surface area contributed by atoms with Gasteiger partial charge in [0.15, 0.2) is 5.54 Å². The van der Waals surface area contributed by atoms with Crippen molar-refractivity contribution < 1.29 is 9.90 Å². The Balaban J connectivity index is 4.47. The van der Waals surface area contributed by atoms with E-state index in [2.05, 4.69) is 6.58 Å². The van der Waals surface area contributed by atoms with E-state index in [9.17, 15) is 4.79 Å². The summed E-state index contributed by atoms with van der Waals surface area (Å²) in [5, 5.41) is 8.57. The summed E-state index contributed by atoms with van der Waals surface area (Å²) in [4.78, 5) is 10.5. The van der Waals surface area contributed by atoms with Crippen molar-refractivity contribution in [3.8, 4) is 0 Å². The van der Waals surface area contributed by atoms with E-state index in [-0.39, 0.29) is 6.54 Å². The van der Waals surface area contributed by atoms with Crippen LogP contribution in [-0.2, 0) is 4.79 Å². The predicted octanol–water partition coefficient (Wildman–Crippen LogP) is -0.531. The molecule has 62 valence electrons. The molecule has 0 amide bonds. The van der Waals surface area contributed by atoms with Crippen LogP contribution in [0.4, 0.5) is 0 Å². The lowest BCUT2D eigenvalue weighted by molar-refractivity contribution is -0.139. The van der Waals surface area contributed by atoms with E-state index in [4.69, 9.17) is 16.6 Å². The van der Waals surface area contributed by atoms with E-state index in [1.165, 1.54) is 12.2 Å². The summed E-state index contributed by atoms with van der Waals surface area (Å²) in [7, 11) is 0. The van der Waals surface area contributed by atoms with Crippen LogP contribution in [0.3, 0.4) is 0 Å². The highest BCUT2D eigenvalue weighted by Gasteiger charge is 2.26. The average Bonchev–Trinajstić information content (AvgIpc) is 2.00. The SMILES string of the molecule is C=CC(N)(C=CCN)C(=O)O. The van der Waals surface area contributed by atoms with Gasteiger partial charge in [-0.05, 0) is 0 Å². The molecule has 0 fully saturated rings. The summed E-state index contributed by atoms with van der Waals surface area (Å²) >= 11 is 0. The molecule has 0 heterocycles. The van der Waals surface area contributed by atoms with Gasteiger partial charge in [0, 0.05) is 6.54 Å². The molecule has 0 aromatic rings. The minimum atomic E-state index is -1.49. The van der Waals surface area contributed by atoms with E-state index >= 15 is 0 Å². The van der Waals surface area contributed by atoms with Gasteiger partial charge < -0.3 is 16.6 Å². The normalized spacial score (nSPS) is 16.2. The molecule has 0 aliphatic carbocycles. The molecule has 0 spiro atoms. The van der Waals surface area contributed by atoms with Crippen molar-refractivity contribution in [2.75, 3.05) is 6.54 Å². The maximum absolute atomic E-state index is 10.5. The van der Waals surface area contributed by atoms with E-state index in [1.807, 2.05) is 0 Å². The summed E-state index contributed by atoms with van der Waals surface area (Å²) in [5.74, 6) is -1.14. The number of carboxylic acid groups (broad SMARTS) is 1. The lowest BCUT2D eigenvalue weighted by atomic mass is 10.0. The number of rotatable bonds is 4. The summed E-state index contributed by atoms with van der Waals surface area (Å²) in [6, 6.07) is 0. The molecular formula is C7H12N2O2. The minimum absolute atomic E-state index is 0.264. The second-order valence-electron chi connectivity index (χ2n) is 2.08. The molecule has 11 heavy (non-hydrogen) atoms. The van der Waals surface area contributed by atoms with Gasteiger partial charge in [-0.2, -0.15) is 0 Å². The number of nitrogens with two attached hydrogens (primary N) is 2. The summed E-state index contributed by atoms with van der Waals surface area (Å²) < 4.78 is 0. The zero-order valence-corrected chi connectivity index (χ0v) is 6.16. The lowest BCUT2D eigenvalue weighted by Gasteiger charge is -2.14. The molecule has 0 rings (SSSR count). The summed E-state index contributed by atoms with van der Waals surface area (Å²) in [5.41, 5.74) is 9.00. The Morgan fingerprint density at radius 2 is 2.27 bits per heavy atom. The number of hydrogen-bond donors (Lipinski definition) is 3. The van der Waals surface area contributed by atoms with Crippen LogP contribution < -0.4 is 11.5 Å². The monoisotopic (exact) mass is 156 g/mol. The van der Waals surface area contributed by atoms with Gasteiger partial charge in [0.1, 0.15) is 0 Å². The maximum Gasteiger partial charge on any atom is 0.331 e. The fourth-order valence-corrected chi connectivity index (χ4v) is 0.490. The quantitative estimate of drug-likeness (QED) is 0.477. The summed E-state index contributed by atoms with van der Waals surface area (Å²) in [6.07, 6.45) is 3.94. The van der Waals surface area contributed by atoms with Gasteiger partial charge in [0.25, 0.3) is 0 Å². The molecule has 4 nitrogen and oxygen atoms in total. The van der Waals surface area contributed by atoms with Gasteiger partial charge in [0.05, 0.1) is 0 Å². The van der Waals surface area contributed by atoms with Crippen LogP contribution in [0.2, 0.25) is 0 Å². The van der Waals surface area contributed by atoms with E-state index < -0.39 is 11.5 Å². The Morgan fingerprint density at radius 1 is 1.73 bits per heavy atom. The highest BCUT2D eigenvalue weighted by Crippen LogP contribution is 2.03. The van der Waals surface area contributed by atoms with Crippen LogP contribution in [-0.4, -0.2) is 23.2 Å². The fourth-order valence-electron chi connectivity index (χ4n) is 0.490. The standard InChI is InChI=1S/C7H12N2O2/c1-2-7(9,6(10)11)4-3-5-8/h2-4H,1,5,8-9H2,(H,10,11). The zero-order chi connectivity index (χ0) is 8.91. The molecule has 5 N–H and O–H groups in total. The predicted molar refractivity (Wildman–Crippen MR) is 42.9 cm³/mol. The van der Waals surface area contributed by atoms with Gasteiger partial charge in [-0.25, -0.2) is 4.79 Å². The summed E-state index contributed by atoms with van der Waals surface area (Å²) in [6.45, 7) is 3.57. The molecule has 0 saturated heterocycles. The van der Waals surface area contributed by atoms with E-state index in [0.29, 0.717) is 0 Å². The molecule has 4 heteroatoms. The van der Waals surface area contributed by atoms with Crippen molar-refractivity contribution in [2.45, 2.75) is 5.54 Å². The molecule has 1 unspecified atom stereocenters. The Bertz CT molecular complexity index is 189. The van der Waals surface area contributed by atoms with Gasteiger partial charge in [0.2, 0.25) is 0 Å². The van der Waals surface area contributed by atoms with Gasteiger partial charge in [-0.15, -0.1) is 6.58 Å². The molecule has 0 aliphatic rings. The van der Waals surface area contributed by atoms with Crippen LogP contribution >= 0.6 is 0 Å². The van der Waals surface area contributed by atoms with E-state index in [1.54, 1.807) is 0 Å². The van der Waals surface area contributed by atoms with Crippen molar-refractivity contribution in [3.63, 3.8) is 0 Å². The largest absolute Gasteiger partial charge is 0.479 e. The Labute approximate surface area is 65.2 Å². The maximum atomic E-state index is 10.5. The van der Waals surface area contributed by atoms with Crippen molar-refractivity contribution in [2.24, 2.45) is 11.5 Å². The van der Waals surface area contributed by atoms with Crippen molar-refractivity contribution in [1.82, 2.24) is 0 Å². The van der Waals surface area contributed by atoms with Gasteiger partial charge in [-0.3, -0.25) is 0 Å². The second kappa shape index (κ2) is 3.90. The van der Waals surface area contributed by atoms with Gasteiger partial charge in [-0.1, -0.05) is 18.2 Å². The Morgan fingerprint density at radius 3 is 2.55 bits per heavy atom. The third kappa shape index (κ3) is 2.53. The van der Waals surface area contributed by atoms with Crippen molar-refractivity contribution >= 4 is 5.97 Å². The first-order chi connectivity index (χ1) is 5.06. The molecule has 0 radical (unpaired) electrons. The Kier molecular flexibility index (Phi) is 3.50. The number of aliphatic carboxylic acids is 1. The molecule has 0 saturated carbocycles. The second-order valence-corrected chi connectivity index (χ2v) is 2.08. The fraction of sp³-hybridized carbons (Fsp3) is 0.286. The molecule has 0 aromatic heterocycles. The minimum Gasteiger partial charge on any atom is -0.479 e. The van der Waals surface area contributed by atoms with Crippen LogP contribution in [0, 0.1) is 0 Å². The third-order valence-electron chi connectivity index (χ3n) is 1.24. The Hall–Kier alpha value is -1.13. The highest BCUT2D eigenvalue weighted by atomic mass is 16.4. The van der Waals surface area contributed by atoms with Crippen LogP contribution in [0.25, 0.3) is 0 Å². The topological polar surface area (TPSA) is 89.3 Å². The van der Waals surface area contributed by atoms with Crippen LogP contribution in [0.1, 0.15) is 0 Å². The number of hydrogen-bond acceptors (Lipinski definition) is 3. The van der Waals surface area contributed by atoms with E-state index in [0.717, 1.165) is 6.08 Å². The third-order valence-corrected chi connectivity index (χ3v) is 1.24. The molecule has 0 aliphatic heterocycles.